The minimum Gasteiger partial charge on any atom is -0.352 e. The van der Waals surface area contributed by atoms with Crippen LogP contribution in [-0.4, -0.2) is 52.7 Å². The van der Waals surface area contributed by atoms with Gasteiger partial charge in [-0.2, -0.15) is 5.10 Å². The van der Waals surface area contributed by atoms with E-state index in [-0.39, 0.29) is 36.2 Å². The fourth-order valence-corrected chi connectivity index (χ4v) is 4.03. The third kappa shape index (κ3) is 5.61. The number of nitrogens with one attached hydrogen (secondary N) is 2. The summed E-state index contributed by atoms with van der Waals surface area (Å²) in [6, 6.07) is 9.63. The van der Waals surface area contributed by atoms with Crippen molar-refractivity contribution >= 4 is 24.2 Å². The van der Waals surface area contributed by atoms with E-state index in [1.54, 1.807) is 17.9 Å². The zero-order chi connectivity index (χ0) is 20.8. The van der Waals surface area contributed by atoms with E-state index in [2.05, 4.69) is 22.7 Å². The second-order valence-corrected chi connectivity index (χ2v) is 7.65. The largest absolute Gasteiger partial charge is 0.352 e. The van der Waals surface area contributed by atoms with Gasteiger partial charge in [-0.1, -0.05) is 37.3 Å². The molecule has 3 rings (SSSR count). The lowest BCUT2D eigenvalue weighted by Gasteiger charge is -2.35. The van der Waals surface area contributed by atoms with Crippen LogP contribution in [0.3, 0.4) is 0 Å². The van der Waals surface area contributed by atoms with Crippen molar-refractivity contribution in [2.45, 2.75) is 44.2 Å². The SMILES string of the molecule is CCC(C(=O)N1CCC(NC(=O)C(NC)c2cnn(C)c2)CC1)c1ccccc1.Cl. The average molecular weight is 434 g/mol. The molecule has 0 spiro atoms. The third-order valence-corrected chi connectivity index (χ3v) is 5.67. The summed E-state index contributed by atoms with van der Waals surface area (Å²) in [5.74, 6) is 0.0366. The van der Waals surface area contributed by atoms with Crippen LogP contribution in [0.1, 0.15) is 49.3 Å². The van der Waals surface area contributed by atoms with Crippen LogP contribution >= 0.6 is 12.4 Å². The molecule has 1 fully saturated rings. The quantitative estimate of drug-likeness (QED) is 0.702. The summed E-state index contributed by atoms with van der Waals surface area (Å²) in [4.78, 5) is 27.7. The number of amides is 2. The van der Waals surface area contributed by atoms with Gasteiger partial charge in [0.25, 0.3) is 0 Å². The fourth-order valence-electron chi connectivity index (χ4n) is 4.03. The van der Waals surface area contributed by atoms with Gasteiger partial charge in [0.15, 0.2) is 0 Å². The highest BCUT2D eigenvalue weighted by atomic mass is 35.5. The molecule has 0 radical (unpaired) electrons. The number of likely N-dealkylation sites (N-methyl/N-ethyl adjacent to an activating group) is 1. The summed E-state index contributed by atoms with van der Waals surface area (Å²) >= 11 is 0. The minimum absolute atomic E-state index is 0. The van der Waals surface area contributed by atoms with Crippen LogP contribution in [0.4, 0.5) is 0 Å². The summed E-state index contributed by atoms with van der Waals surface area (Å²) in [7, 11) is 3.60. The number of likely N-dealkylation sites (tertiary alicyclic amines) is 1. The van der Waals surface area contributed by atoms with Crippen LogP contribution in [0.25, 0.3) is 0 Å². The van der Waals surface area contributed by atoms with Gasteiger partial charge >= 0.3 is 0 Å². The molecule has 7 nitrogen and oxygen atoms in total. The molecule has 2 heterocycles. The Balaban J connectivity index is 0.00000320. The van der Waals surface area contributed by atoms with Crippen molar-refractivity contribution in [3.63, 3.8) is 0 Å². The zero-order valence-corrected chi connectivity index (χ0v) is 18.7. The molecule has 2 N–H and O–H groups in total. The highest BCUT2D eigenvalue weighted by Gasteiger charge is 2.30. The number of rotatable bonds is 7. The van der Waals surface area contributed by atoms with Crippen LogP contribution in [0.2, 0.25) is 0 Å². The molecule has 1 aliphatic rings. The average Bonchev–Trinajstić information content (AvgIpc) is 3.16. The Morgan fingerprint density at radius 2 is 1.83 bits per heavy atom. The molecule has 2 aromatic rings. The van der Waals surface area contributed by atoms with E-state index in [9.17, 15) is 9.59 Å². The van der Waals surface area contributed by atoms with Gasteiger partial charge < -0.3 is 15.5 Å². The zero-order valence-electron chi connectivity index (χ0n) is 17.9. The molecule has 30 heavy (non-hydrogen) atoms. The smallest absolute Gasteiger partial charge is 0.242 e. The molecule has 0 bridgehead atoms. The Morgan fingerprint density at radius 1 is 1.17 bits per heavy atom. The number of hydrogen-bond acceptors (Lipinski definition) is 4. The van der Waals surface area contributed by atoms with Crippen LogP contribution in [0.15, 0.2) is 42.7 Å². The number of aromatic nitrogens is 2. The molecule has 2 atom stereocenters. The number of benzene rings is 1. The van der Waals surface area contributed by atoms with Crippen molar-refractivity contribution in [1.29, 1.82) is 0 Å². The van der Waals surface area contributed by atoms with Crippen LogP contribution < -0.4 is 10.6 Å². The second-order valence-electron chi connectivity index (χ2n) is 7.65. The predicted molar refractivity (Wildman–Crippen MR) is 119 cm³/mol. The van der Waals surface area contributed by atoms with Crippen molar-refractivity contribution in [3.05, 3.63) is 53.9 Å². The number of aryl methyl sites for hydroxylation is 1. The molecule has 8 heteroatoms. The summed E-state index contributed by atoms with van der Waals surface area (Å²) in [6.45, 7) is 3.40. The minimum atomic E-state index is -0.425. The van der Waals surface area contributed by atoms with Crippen molar-refractivity contribution in [1.82, 2.24) is 25.3 Å². The van der Waals surface area contributed by atoms with E-state index in [1.807, 2.05) is 48.5 Å². The Bertz CT molecular complexity index is 818. The number of nitrogens with zero attached hydrogens (tertiary/aromatic N) is 3. The van der Waals surface area contributed by atoms with E-state index in [4.69, 9.17) is 0 Å². The first-order chi connectivity index (χ1) is 14.0. The molecule has 0 aliphatic carbocycles. The summed E-state index contributed by atoms with van der Waals surface area (Å²) in [6.07, 6.45) is 5.87. The van der Waals surface area contributed by atoms with Gasteiger partial charge in [-0.15, -0.1) is 12.4 Å². The lowest BCUT2D eigenvalue weighted by atomic mass is 9.93. The molecule has 0 saturated carbocycles. The molecule has 2 amide bonds. The monoisotopic (exact) mass is 433 g/mol. The van der Waals surface area contributed by atoms with Crippen molar-refractivity contribution in [2.75, 3.05) is 20.1 Å². The fraction of sp³-hybridized carbons (Fsp3) is 0.500. The van der Waals surface area contributed by atoms with Crippen molar-refractivity contribution in [2.24, 2.45) is 7.05 Å². The lowest BCUT2D eigenvalue weighted by molar-refractivity contribution is -0.134. The summed E-state index contributed by atoms with van der Waals surface area (Å²) in [5.41, 5.74) is 1.91. The van der Waals surface area contributed by atoms with E-state index in [0.29, 0.717) is 13.1 Å². The first-order valence-corrected chi connectivity index (χ1v) is 10.3. The van der Waals surface area contributed by atoms with Gasteiger partial charge in [-0.3, -0.25) is 14.3 Å². The van der Waals surface area contributed by atoms with Crippen molar-refractivity contribution in [3.8, 4) is 0 Å². The molecule has 1 aliphatic heterocycles. The second kappa shape index (κ2) is 11.1. The van der Waals surface area contributed by atoms with E-state index < -0.39 is 6.04 Å². The molecule has 1 aromatic heterocycles. The molecule has 2 unspecified atom stereocenters. The van der Waals surface area contributed by atoms with Gasteiger partial charge in [0.05, 0.1) is 12.1 Å². The van der Waals surface area contributed by atoms with E-state index in [0.717, 1.165) is 30.4 Å². The highest BCUT2D eigenvalue weighted by molar-refractivity contribution is 5.85. The van der Waals surface area contributed by atoms with Crippen LogP contribution in [0, 0.1) is 0 Å². The Labute approximate surface area is 184 Å². The van der Waals surface area contributed by atoms with E-state index in [1.165, 1.54) is 0 Å². The summed E-state index contributed by atoms with van der Waals surface area (Å²) in [5, 5.41) is 10.3. The molecular formula is C22H32ClN5O2. The number of halogens is 1. The maximum Gasteiger partial charge on any atom is 0.242 e. The van der Waals surface area contributed by atoms with Crippen molar-refractivity contribution < 1.29 is 9.59 Å². The van der Waals surface area contributed by atoms with Crippen LogP contribution in [0.5, 0.6) is 0 Å². The van der Waals surface area contributed by atoms with Gasteiger partial charge in [0, 0.05) is 37.9 Å². The standard InChI is InChI=1S/C22H31N5O2.ClH/c1-4-19(16-8-6-5-7-9-16)22(29)27-12-10-18(11-13-27)25-21(28)20(23-2)17-14-24-26(3)15-17;/h5-9,14-15,18-20,23H,4,10-13H2,1-3H3,(H,25,28);1H. The normalized spacial score (nSPS) is 16.4. The van der Waals surface area contributed by atoms with Gasteiger partial charge in [-0.05, 0) is 31.9 Å². The van der Waals surface area contributed by atoms with Gasteiger partial charge in [-0.25, -0.2) is 0 Å². The first-order valence-electron chi connectivity index (χ1n) is 10.3. The highest BCUT2D eigenvalue weighted by Crippen LogP contribution is 2.24. The number of hydrogen-bond donors (Lipinski definition) is 2. The maximum atomic E-state index is 13.0. The van der Waals surface area contributed by atoms with E-state index >= 15 is 0 Å². The number of carbonyl (C=O) groups excluding carboxylic acids is 2. The van der Waals surface area contributed by atoms with Gasteiger partial charge in [0.1, 0.15) is 6.04 Å². The molecule has 164 valence electrons. The number of carbonyl (C=O) groups is 2. The predicted octanol–water partition coefficient (Wildman–Crippen LogP) is 2.40. The lowest BCUT2D eigenvalue weighted by Crippen LogP contribution is -2.49. The Morgan fingerprint density at radius 3 is 2.37 bits per heavy atom. The molecular weight excluding hydrogens is 402 g/mol. The molecule has 1 aromatic carbocycles. The molecule has 1 saturated heterocycles. The van der Waals surface area contributed by atoms with Crippen LogP contribution in [-0.2, 0) is 16.6 Å². The third-order valence-electron chi connectivity index (χ3n) is 5.67. The van der Waals surface area contributed by atoms with Gasteiger partial charge in [0.2, 0.25) is 11.8 Å². The summed E-state index contributed by atoms with van der Waals surface area (Å²) < 4.78 is 1.69. The Hall–Kier alpha value is -2.38. The first kappa shape index (κ1) is 23.9. The Kier molecular flexibility index (Phi) is 8.87. The number of piperidine rings is 1. The topological polar surface area (TPSA) is 79.3 Å². The maximum absolute atomic E-state index is 13.0.